The third kappa shape index (κ3) is 6.82. The van der Waals surface area contributed by atoms with E-state index in [4.69, 9.17) is 4.74 Å². The molecule has 0 unspecified atom stereocenters. The lowest BCUT2D eigenvalue weighted by molar-refractivity contribution is -0.120. The molecule has 224 valence electrons. The van der Waals surface area contributed by atoms with Crippen molar-refractivity contribution in [2.75, 3.05) is 22.0 Å². The number of aryl methyl sites for hydroxylation is 1. The van der Waals surface area contributed by atoms with Crippen LogP contribution in [-0.2, 0) is 30.1 Å². The van der Waals surface area contributed by atoms with E-state index in [2.05, 4.69) is 10.0 Å². The smallest absolute Gasteiger partial charge is 0.338 e. The summed E-state index contributed by atoms with van der Waals surface area (Å²) in [6.07, 6.45) is 0. The molecule has 1 aliphatic heterocycles. The molecular weight excluding hydrogens is 605 g/mol. The number of esters is 1. The number of nitrogens with zero attached hydrogens (tertiary/aromatic N) is 1. The van der Waals surface area contributed by atoms with Crippen LogP contribution in [0.4, 0.5) is 21.5 Å². The molecule has 2 N–H and O–H groups in total. The fourth-order valence-electron chi connectivity index (χ4n) is 4.40. The molecule has 44 heavy (non-hydrogen) atoms. The van der Waals surface area contributed by atoms with Crippen molar-refractivity contribution in [2.24, 2.45) is 0 Å². The molecule has 4 aromatic rings. The number of halogens is 1. The maximum atomic E-state index is 13.6. The topological polar surface area (TPSA) is 122 Å². The summed E-state index contributed by atoms with van der Waals surface area (Å²) in [4.78, 5) is 40.9. The summed E-state index contributed by atoms with van der Waals surface area (Å²) in [6, 6.07) is 24.9. The predicted molar refractivity (Wildman–Crippen MR) is 167 cm³/mol. The van der Waals surface area contributed by atoms with Crippen LogP contribution in [0.5, 0.6) is 0 Å². The zero-order valence-electron chi connectivity index (χ0n) is 23.5. The van der Waals surface area contributed by atoms with Gasteiger partial charge >= 0.3 is 5.97 Å². The summed E-state index contributed by atoms with van der Waals surface area (Å²) in [5, 5.41) is 2.97. The number of hydrogen-bond donors (Lipinski definition) is 2. The first-order chi connectivity index (χ1) is 21.0. The largest absolute Gasteiger partial charge is 0.465 e. The van der Waals surface area contributed by atoms with Crippen LogP contribution in [-0.4, -0.2) is 33.3 Å². The predicted octanol–water partition coefficient (Wildman–Crippen LogP) is 5.85. The zero-order chi connectivity index (χ0) is 31.4. The Bertz CT molecular complexity index is 1870. The second-order valence-electron chi connectivity index (χ2n) is 9.75. The van der Waals surface area contributed by atoms with Crippen molar-refractivity contribution in [1.29, 1.82) is 0 Å². The SMILES string of the molecule is COC(=O)c1ccccc1CS(=O)(=O)Nc1ccc(SC2=C(Nc3ccc(F)cc3)C(=O)N(c3ccc(C)cc3)C2=O)cc1. The highest BCUT2D eigenvalue weighted by atomic mass is 32.2. The highest BCUT2D eigenvalue weighted by molar-refractivity contribution is 8.04. The molecule has 0 aliphatic carbocycles. The number of anilines is 3. The lowest BCUT2D eigenvalue weighted by Gasteiger charge is -2.15. The van der Waals surface area contributed by atoms with Gasteiger partial charge in [-0.15, -0.1) is 0 Å². The summed E-state index contributed by atoms with van der Waals surface area (Å²) in [6.45, 7) is 1.89. The molecule has 0 spiro atoms. The number of methoxy groups -OCH3 is 1. The van der Waals surface area contributed by atoms with E-state index < -0.39 is 39.4 Å². The third-order valence-electron chi connectivity index (χ3n) is 6.56. The average Bonchev–Trinajstić information content (AvgIpc) is 3.23. The highest BCUT2D eigenvalue weighted by Crippen LogP contribution is 2.38. The van der Waals surface area contributed by atoms with Gasteiger partial charge in [0, 0.05) is 16.3 Å². The molecule has 1 heterocycles. The molecular formula is C32H26FN3O6S2. The van der Waals surface area contributed by atoms with E-state index in [1.54, 1.807) is 48.5 Å². The standard InChI is InChI=1S/C32H26FN3O6S2/c1-20-7-15-25(16-8-20)36-30(37)28(34-23-11-9-22(33)10-12-23)29(31(36)38)43-26-17-13-24(14-18-26)35-44(40,41)19-21-5-3-4-6-27(21)32(39)42-2/h3-18,34-35H,19H2,1-2H3. The number of imide groups is 1. The van der Waals surface area contributed by atoms with Gasteiger partial charge in [0.1, 0.15) is 16.4 Å². The number of hydrogen-bond acceptors (Lipinski definition) is 8. The van der Waals surface area contributed by atoms with Crippen LogP contribution in [0, 0.1) is 12.7 Å². The van der Waals surface area contributed by atoms with Crippen molar-refractivity contribution in [2.45, 2.75) is 17.6 Å². The van der Waals surface area contributed by atoms with E-state index in [-0.39, 0.29) is 27.4 Å². The van der Waals surface area contributed by atoms with Crippen LogP contribution >= 0.6 is 11.8 Å². The van der Waals surface area contributed by atoms with Crippen molar-refractivity contribution in [3.63, 3.8) is 0 Å². The fraction of sp³-hybridized carbons (Fsp3) is 0.0938. The molecule has 9 nitrogen and oxygen atoms in total. The van der Waals surface area contributed by atoms with Crippen LogP contribution in [0.2, 0.25) is 0 Å². The van der Waals surface area contributed by atoms with E-state index in [0.29, 0.717) is 16.3 Å². The van der Waals surface area contributed by atoms with Crippen molar-refractivity contribution < 1.29 is 31.9 Å². The Kier molecular flexibility index (Phi) is 8.83. The molecule has 0 saturated heterocycles. The Morgan fingerprint density at radius 1 is 0.864 bits per heavy atom. The van der Waals surface area contributed by atoms with Gasteiger partial charge in [-0.25, -0.2) is 22.5 Å². The maximum Gasteiger partial charge on any atom is 0.338 e. The van der Waals surface area contributed by atoms with Gasteiger partial charge in [0.05, 0.1) is 24.1 Å². The number of sulfonamides is 1. The monoisotopic (exact) mass is 631 g/mol. The average molecular weight is 632 g/mol. The van der Waals surface area contributed by atoms with E-state index in [1.807, 2.05) is 6.92 Å². The Labute approximate surface area is 257 Å². The van der Waals surface area contributed by atoms with Crippen LogP contribution in [0.3, 0.4) is 0 Å². The lowest BCUT2D eigenvalue weighted by atomic mass is 10.1. The molecule has 0 radical (unpaired) electrons. The minimum atomic E-state index is -3.91. The summed E-state index contributed by atoms with van der Waals surface area (Å²) in [7, 11) is -2.69. The quantitative estimate of drug-likeness (QED) is 0.165. The molecule has 4 aromatic carbocycles. The molecule has 1 aliphatic rings. The first kappa shape index (κ1) is 30.5. The molecule has 0 fully saturated rings. The van der Waals surface area contributed by atoms with Gasteiger partial charge in [-0.1, -0.05) is 47.7 Å². The van der Waals surface area contributed by atoms with Crippen molar-refractivity contribution in [3.05, 3.63) is 130 Å². The van der Waals surface area contributed by atoms with Crippen LogP contribution in [0.15, 0.2) is 113 Å². The lowest BCUT2D eigenvalue weighted by Crippen LogP contribution is -2.32. The first-order valence-electron chi connectivity index (χ1n) is 13.2. The zero-order valence-corrected chi connectivity index (χ0v) is 25.2. The molecule has 0 bridgehead atoms. The maximum absolute atomic E-state index is 13.6. The van der Waals surface area contributed by atoms with Gasteiger partial charge in [0.15, 0.2) is 0 Å². The van der Waals surface area contributed by atoms with Crippen molar-refractivity contribution in [3.8, 4) is 0 Å². The van der Waals surface area contributed by atoms with Gasteiger partial charge in [-0.3, -0.25) is 14.3 Å². The number of thioether (sulfide) groups is 1. The highest BCUT2D eigenvalue weighted by Gasteiger charge is 2.40. The Balaban J connectivity index is 1.37. The summed E-state index contributed by atoms with van der Waals surface area (Å²) >= 11 is 1.03. The normalized spacial score (nSPS) is 13.3. The second kappa shape index (κ2) is 12.7. The van der Waals surface area contributed by atoms with Crippen molar-refractivity contribution >= 4 is 56.6 Å². The van der Waals surface area contributed by atoms with Gasteiger partial charge in [0.2, 0.25) is 10.0 Å². The van der Waals surface area contributed by atoms with Crippen LogP contribution in [0.25, 0.3) is 0 Å². The van der Waals surface area contributed by atoms with E-state index >= 15 is 0 Å². The minimum Gasteiger partial charge on any atom is -0.465 e. The minimum absolute atomic E-state index is 0.0289. The molecule has 0 saturated carbocycles. The summed E-state index contributed by atoms with van der Waals surface area (Å²) in [5.41, 5.74) is 2.52. The summed E-state index contributed by atoms with van der Waals surface area (Å²) < 4.78 is 46.6. The second-order valence-corrected chi connectivity index (χ2v) is 12.6. The van der Waals surface area contributed by atoms with Gasteiger partial charge in [-0.05, 0) is 79.2 Å². The molecule has 12 heteroatoms. The van der Waals surface area contributed by atoms with Gasteiger partial charge in [-0.2, -0.15) is 0 Å². The van der Waals surface area contributed by atoms with E-state index in [0.717, 1.165) is 22.2 Å². The fourth-order valence-corrected chi connectivity index (χ4v) is 6.56. The van der Waals surface area contributed by atoms with Crippen LogP contribution in [0.1, 0.15) is 21.5 Å². The third-order valence-corrected chi connectivity index (χ3v) is 8.89. The van der Waals surface area contributed by atoms with Crippen LogP contribution < -0.4 is 14.9 Å². The van der Waals surface area contributed by atoms with Gasteiger partial charge in [0.25, 0.3) is 11.8 Å². The molecule has 0 aromatic heterocycles. The number of rotatable bonds is 10. The Morgan fingerprint density at radius 3 is 2.16 bits per heavy atom. The number of amides is 2. The number of ether oxygens (including phenoxy) is 1. The number of nitrogens with one attached hydrogen (secondary N) is 2. The summed E-state index contributed by atoms with van der Waals surface area (Å²) in [5.74, 6) is -2.64. The van der Waals surface area contributed by atoms with Gasteiger partial charge < -0.3 is 10.1 Å². The molecule has 2 amide bonds. The number of benzene rings is 4. The molecule has 0 atom stereocenters. The first-order valence-corrected chi connectivity index (χ1v) is 15.7. The number of carbonyl (C=O) groups excluding carboxylic acids is 3. The van der Waals surface area contributed by atoms with Crippen molar-refractivity contribution in [1.82, 2.24) is 0 Å². The van der Waals surface area contributed by atoms with E-state index in [9.17, 15) is 27.2 Å². The Morgan fingerprint density at radius 2 is 1.50 bits per heavy atom. The molecule has 5 rings (SSSR count). The Hall–Kier alpha value is -4.94. The van der Waals surface area contributed by atoms with E-state index in [1.165, 1.54) is 55.6 Å². The number of carbonyl (C=O) groups is 3.